The first-order valence-corrected chi connectivity index (χ1v) is 11.3. The number of esters is 3. The van der Waals surface area contributed by atoms with Crippen molar-refractivity contribution in [3.05, 3.63) is 0 Å². The molecule has 14 nitrogen and oxygen atoms in total. The van der Waals surface area contributed by atoms with Crippen LogP contribution in [0, 0.1) is 0 Å². The molecule has 1 rings (SSSR count). The van der Waals surface area contributed by atoms with Crippen molar-refractivity contribution in [3.63, 3.8) is 0 Å². The zero-order valence-corrected chi connectivity index (χ0v) is 20.9. The van der Waals surface area contributed by atoms with E-state index in [1.807, 2.05) is 0 Å². The normalized spacial score (nSPS) is 23.4. The third-order valence-electron chi connectivity index (χ3n) is 4.51. The molecule has 0 saturated carbocycles. The first kappa shape index (κ1) is 31.4. The smallest absolute Gasteiger partial charge is 0.303 e. The van der Waals surface area contributed by atoms with Crippen LogP contribution in [0.25, 0.3) is 0 Å². The summed E-state index contributed by atoms with van der Waals surface area (Å²) in [7, 11) is 0. The van der Waals surface area contributed by atoms with E-state index < -0.39 is 54.5 Å². The van der Waals surface area contributed by atoms with E-state index in [1.54, 1.807) is 0 Å². The summed E-state index contributed by atoms with van der Waals surface area (Å²) < 4.78 is 43.0. The van der Waals surface area contributed by atoms with Crippen LogP contribution in [0.15, 0.2) is 0 Å². The van der Waals surface area contributed by atoms with Crippen molar-refractivity contribution in [3.8, 4) is 0 Å². The summed E-state index contributed by atoms with van der Waals surface area (Å²) in [4.78, 5) is 56.9. The zero-order chi connectivity index (χ0) is 26.9. The molecule has 0 aliphatic carbocycles. The SMILES string of the molecule is CC(=O)N[C@H]1[C@H](OCCOCCOCCOCC=O)O[C@H](COC(C)=O)[C@H](OC(C)=O)[C@@H]1OC(C)=O. The molecule has 1 aliphatic heterocycles. The first-order chi connectivity index (χ1) is 17.1. The van der Waals surface area contributed by atoms with Crippen LogP contribution in [0.1, 0.15) is 27.7 Å². The first-order valence-electron chi connectivity index (χ1n) is 11.3. The molecule has 1 fully saturated rings. The predicted octanol–water partition coefficient (Wildman–Crippen LogP) is -1.09. The maximum Gasteiger partial charge on any atom is 0.303 e. The molecule has 1 saturated heterocycles. The van der Waals surface area contributed by atoms with Crippen LogP contribution in [0.4, 0.5) is 0 Å². The summed E-state index contributed by atoms with van der Waals surface area (Å²) in [6.45, 7) is 5.77. The topological polar surface area (TPSA) is 171 Å². The second kappa shape index (κ2) is 17.7. The Kier molecular flexibility index (Phi) is 15.5. The minimum Gasteiger partial charge on any atom is -0.463 e. The number of rotatable bonds is 17. The number of hydrogen-bond donors (Lipinski definition) is 1. The lowest BCUT2D eigenvalue weighted by Gasteiger charge is -2.44. The van der Waals surface area contributed by atoms with E-state index in [0.29, 0.717) is 19.5 Å². The van der Waals surface area contributed by atoms with Gasteiger partial charge < -0.3 is 48.0 Å². The molecule has 36 heavy (non-hydrogen) atoms. The van der Waals surface area contributed by atoms with E-state index in [9.17, 15) is 24.0 Å². The Morgan fingerprint density at radius 3 is 1.86 bits per heavy atom. The second-order valence-corrected chi connectivity index (χ2v) is 7.56. The molecule has 0 aromatic carbocycles. The third kappa shape index (κ3) is 12.9. The van der Waals surface area contributed by atoms with Gasteiger partial charge in [0, 0.05) is 27.7 Å². The maximum atomic E-state index is 11.9. The summed E-state index contributed by atoms with van der Waals surface area (Å²) in [5.74, 6) is -2.46. The average Bonchev–Trinajstić information content (AvgIpc) is 2.78. The fourth-order valence-corrected chi connectivity index (χ4v) is 3.23. The van der Waals surface area contributed by atoms with Gasteiger partial charge in [-0.25, -0.2) is 0 Å². The van der Waals surface area contributed by atoms with Crippen molar-refractivity contribution in [2.24, 2.45) is 0 Å². The van der Waals surface area contributed by atoms with Crippen molar-refractivity contribution in [2.45, 2.75) is 58.3 Å². The third-order valence-corrected chi connectivity index (χ3v) is 4.51. The van der Waals surface area contributed by atoms with Gasteiger partial charge in [-0.05, 0) is 0 Å². The van der Waals surface area contributed by atoms with Crippen molar-refractivity contribution in [1.82, 2.24) is 5.32 Å². The molecule has 206 valence electrons. The summed E-state index contributed by atoms with van der Waals surface area (Å²) in [5.41, 5.74) is 0. The summed E-state index contributed by atoms with van der Waals surface area (Å²) in [5, 5.41) is 2.61. The minimum absolute atomic E-state index is 0.0155. The van der Waals surface area contributed by atoms with Crippen molar-refractivity contribution >= 4 is 30.1 Å². The van der Waals surface area contributed by atoms with E-state index in [1.165, 1.54) is 13.8 Å². The Balaban J connectivity index is 2.77. The highest BCUT2D eigenvalue weighted by Gasteiger charge is 2.51. The summed E-state index contributed by atoms with van der Waals surface area (Å²) >= 11 is 0. The van der Waals surface area contributed by atoms with Crippen LogP contribution in [0.3, 0.4) is 0 Å². The Morgan fingerprint density at radius 1 is 0.778 bits per heavy atom. The quantitative estimate of drug-likeness (QED) is 0.106. The number of aldehydes is 1. The number of ether oxygens (including phenoxy) is 8. The van der Waals surface area contributed by atoms with Crippen molar-refractivity contribution < 1.29 is 61.9 Å². The van der Waals surface area contributed by atoms with E-state index in [2.05, 4.69) is 5.32 Å². The van der Waals surface area contributed by atoms with Crippen molar-refractivity contribution in [1.29, 1.82) is 0 Å². The fraction of sp³-hybridized carbons (Fsp3) is 0.773. The van der Waals surface area contributed by atoms with Gasteiger partial charge in [0.2, 0.25) is 5.91 Å². The van der Waals surface area contributed by atoms with Crippen LogP contribution in [0.5, 0.6) is 0 Å². The van der Waals surface area contributed by atoms with Gasteiger partial charge in [-0.15, -0.1) is 0 Å². The number of amides is 1. The Bertz CT molecular complexity index is 716. The van der Waals surface area contributed by atoms with Crippen LogP contribution >= 0.6 is 0 Å². The number of nitrogens with one attached hydrogen (secondary N) is 1. The van der Waals surface area contributed by atoms with E-state index in [4.69, 9.17) is 37.9 Å². The molecule has 1 heterocycles. The average molecular weight is 522 g/mol. The standard InChI is InChI=1S/C22H35NO13/c1-14(25)23-19-21(35-17(4)28)20(34-16(3)27)18(13-33-15(2)26)36-22(19)32-12-11-31-10-9-30-8-7-29-6-5-24/h5,18-22H,6-13H2,1-4H3,(H,23,25)/t18-,19-,20+,21-,22-/m1/s1. The zero-order valence-electron chi connectivity index (χ0n) is 20.9. The van der Waals surface area contributed by atoms with Crippen LogP contribution < -0.4 is 5.32 Å². The lowest BCUT2D eigenvalue weighted by molar-refractivity contribution is -0.279. The Morgan fingerprint density at radius 2 is 1.33 bits per heavy atom. The summed E-state index contributed by atoms with van der Waals surface area (Å²) in [6, 6.07) is -1.04. The second-order valence-electron chi connectivity index (χ2n) is 7.56. The molecule has 0 radical (unpaired) electrons. The molecule has 0 aromatic heterocycles. The van der Waals surface area contributed by atoms with Gasteiger partial charge in [0.25, 0.3) is 0 Å². The summed E-state index contributed by atoms with van der Waals surface area (Å²) in [6.07, 6.45) is -3.93. The monoisotopic (exact) mass is 521 g/mol. The highest BCUT2D eigenvalue weighted by Crippen LogP contribution is 2.28. The molecule has 5 atom stereocenters. The molecule has 1 amide bonds. The van der Waals surface area contributed by atoms with E-state index in [0.717, 1.165) is 13.8 Å². The number of carbonyl (C=O) groups excluding carboxylic acids is 5. The molecule has 0 bridgehead atoms. The van der Waals surface area contributed by atoms with Gasteiger partial charge in [-0.3, -0.25) is 19.2 Å². The largest absolute Gasteiger partial charge is 0.463 e. The highest BCUT2D eigenvalue weighted by atomic mass is 16.7. The lowest BCUT2D eigenvalue weighted by atomic mass is 9.96. The van der Waals surface area contributed by atoms with Gasteiger partial charge in [0.15, 0.2) is 18.5 Å². The van der Waals surface area contributed by atoms with Gasteiger partial charge >= 0.3 is 17.9 Å². The predicted molar refractivity (Wildman–Crippen MR) is 118 cm³/mol. The van der Waals surface area contributed by atoms with Crippen molar-refractivity contribution in [2.75, 3.05) is 52.9 Å². The van der Waals surface area contributed by atoms with Crippen LogP contribution in [-0.4, -0.2) is 114 Å². The van der Waals surface area contributed by atoms with E-state index >= 15 is 0 Å². The van der Waals surface area contributed by atoms with Gasteiger partial charge in [0.1, 0.15) is 31.6 Å². The fourth-order valence-electron chi connectivity index (χ4n) is 3.23. The number of carbonyl (C=O) groups is 5. The molecule has 1 N–H and O–H groups in total. The Labute approximate surface area is 209 Å². The maximum absolute atomic E-state index is 11.9. The van der Waals surface area contributed by atoms with Gasteiger partial charge in [-0.1, -0.05) is 0 Å². The molecule has 1 aliphatic rings. The molecule has 14 heteroatoms. The van der Waals surface area contributed by atoms with E-state index in [-0.39, 0.29) is 39.6 Å². The van der Waals surface area contributed by atoms with Gasteiger partial charge in [-0.2, -0.15) is 0 Å². The molecule has 0 unspecified atom stereocenters. The Hall–Kier alpha value is -2.65. The number of hydrogen-bond acceptors (Lipinski definition) is 13. The molecular formula is C22H35NO13. The van der Waals surface area contributed by atoms with Gasteiger partial charge in [0.05, 0.1) is 39.6 Å². The minimum atomic E-state index is -1.19. The molecular weight excluding hydrogens is 486 g/mol. The van der Waals surface area contributed by atoms with Crippen LogP contribution in [-0.2, 0) is 61.9 Å². The lowest BCUT2D eigenvalue weighted by Crippen LogP contribution is -2.66. The molecule has 0 spiro atoms. The van der Waals surface area contributed by atoms with Crippen LogP contribution in [0.2, 0.25) is 0 Å². The highest BCUT2D eigenvalue weighted by molar-refractivity contribution is 5.73. The molecule has 0 aromatic rings.